The van der Waals surface area contributed by atoms with E-state index in [0.29, 0.717) is 24.5 Å². The van der Waals surface area contributed by atoms with Gasteiger partial charge in [-0.05, 0) is 31.1 Å². The first-order chi connectivity index (χ1) is 9.67. The lowest BCUT2D eigenvalue weighted by molar-refractivity contribution is 0.291. The van der Waals surface area contributed by atoms with Crippen LogP contribution in [0.5, 0.6) is 6.01 Å². The van der Waals surface area contributed by atoms with Crippen LogP contribution in [0.2, 0.25) is 0 Å². The van der Waals surface area contributed by atoms with Gasteiger partial charge in [-0.1, -0.05) is 26.7 Å². The Bertz CT molecular complexity index is 418. The molecule has 0 atom stereocenters. The highest BCUT2D eigenvalue weighted by atomic mass is 16.5. The van der Waals surface area contributed by atoms with Crippen molar-refractivity contribution in [2.75, 3.05) is 24.2 Å². The molecule has 2 rings (SSSR count). The van der Waals surface area contributed by atoms with Gasteiger partial charge >= 0.3 is 6.01 Å². The first-order valence-corrected chi connectivity index (χ1v) is 7.55. The van der Waals surface area contributed by atoms with Gasteiger partial charge in [-0.2, -0.15) is 15.0 Å². The summed E-state index contributed by atoms with van der Waals surface area (Å²) in [5.41, 5.74) is 5.68. The summed E-state index contributed by atoms with van der Waals surface area (Å²) in [5, 5.41) is 3.26. The van der Waals surface area contributed by atoms with Gasteiger partial charge in [0, 0.05) is 6.54 Å². The summed E-state index contributed by atoms with van der Waals surface area (Å²) in [6.07, 6.45) is 6.09. The number of ether oxygens (including phenoxy) is 1. The van der Waals surface area contributed by atoms with Gasteiger partial charge in [0.1, 0.15) is 0 Å². The number of rotatable bonds is 6. The molecule has 1 saturated carbocycles. The molecule has 1 aliphatic carbocycles. The Kier molecular flexibility index (Phi) is 5.38. The molecule has 1 fully saturated rings. The molecular formula is C14H25N5O. The minimum Gasteiger partial charge on any atom is -0.463 e. The van der Waals surface area contributed by atoms with E-state index in [9.17, 15) is 0 Å². The van der Waals surface area contributed by atoms with Gasteiger partial charge in [0.2, 0.25) is 11.9 Å². The Labute approximate surface area is 120 Å². The van der Waals surface area contributed by atoms with Gasteiger partial charge in [-0.25, -0.2) is 0 Å². The van der Waals surface area contributed by atoms with Crippen molar-refractivity contribution in [3.8, 4) is 6.01 Å². The average molecular weight is 279 g/mol. The summed E-state index contributed by atoms with van der Waals surface area (Å²) in [7, 11) is 0. The van der Waals surface area contributed by atoms with Crippen molar-refractivity contribution in [2.45, 2.75) is 46.0 Å². The van der Waals surface area contributed by atoms with E-state index in [0.717, 1.165) is 18.9 Å². The zero-order valence-corrected chi connectivity index (χ0v) is 12.4. The van der Waals surface area contributed by atoms with Crippen LogP contribution in [-0.4, -0.2) is 28.1 Å². The average Bonchev–Trinajstić information content (AvgIpc) is 2.44. The van der Waals surface area contributed by atoms with E-state index in [1.165, 1.54) is 25.7 Å². The van der Waals surface area contributed by atoms with E-state index in [4.69, 9.17) is 10.5 Å². The third-order valence-electron chi connectivity index (χ3n) is 3.75. The van der Waals surface area contributed by atoms with Gasteiger partial charge < -0.3 is 15.8 Å². The van der Waals surface area contributed by atoms with Crippen LogP contribution in [-0.2, 0) is 0 Å². The van der Waals surface area contributed by atoms with Crippen LogP contribution < -0.4 is 15.8 Å². The number of nitrogen functional groups attached to an aromatic ring is 1. The molecule has 0 unspecified atom stereocenters. The summed E-state index contributed by atoms with van der Waals surface area (Å²) < 4.78 is 5.40. The second-order valence-electron chi connectivity index (χ2n) is 5.66. The summed E-state index contributed by atoms with van der Waals surface area (Å²) in [6, 6.07) is 0.305. The number of nitrogens with one attached hydrogen (secondary N) is 1. The normalized spacial score (nSPS) is 22.5. The highest BCUT2D eigenvalue weighted by Gasteiger charge is 2.18. The molecule has 20 heavy (non-hydrogen) atoms. The SMILES string of the molecule is CCCOc1nc(N)nc(NCC2CCC(C)CC2)n1. The summed E-state index contributed by atoms with van der Waals surface area (Å²) in [5.74, 6) is 2.28. The topological polar surface area (TPSA) is 86.0 Å². The molecule has 1 aromatic heterocycles. The molecule has 0 bridgehead atoms. The molecule has 6 heteroatoms. The first-order valence-electron chi connectivity index (χ1n) is 7.55. The van der Waals surface area contributed by atoms with Crippen molar-refractivity contribution < 1.29 is 4.74 Å². The minimum atomic E-state index is 0.200. The number of aromatic nitrogens is 3. The minimum absolute atomic E-state index is 0.200. The molecule has 0 saturated heterocycles. The molecule has 6 nitrogen and oxygen atoms in total. The lowest BCUT2D eigenvalue weighted by Crippen LogP contribution is -2.21. The Morgan fingerprint density at radius 3 is 2.65 bits per heavy atom. The number of anilines is 2. The molecule has 3 N–H and O–H groups in total. The number of nitrogens with two attached hydrogens (primary N) is 1. The van der Waals surface area contributed by atoms with Crippen molar-refractivity contribution >= 4 is 11.9 Å². The monoisotopic (exact) mass is 279 g/mol. The summed E-state index contributed by atoms with van der Waals surface area (Å²) in [6.45, 7) is 5.84. The summed E-state index contributed by atoms with van der Waals surface area (Å²) >= 11 is 0. The zero-order chi connectivity index (χ0) is 14.4. The Morgan fingerprint density at radius 1 is 1.20 bits per heavy atom. The van der Waals surface area contributed by atoms with Crippen molar-refractivity contribution in [1.82, 2.24) is 15.0 Å². The quantitative estimate of drug-likeness (QED) is 0.832. The van der Waals surface area contributed by atoms with E-state index < -0.39 is 0 Å². The second-order valence-corrected chi connectivity index (χ2v) is 5.66. The zero-order valence-electron chi connectivity index (χ0n) is 12.4. The molecular weight excluding hydrogens is 254 g/mol. The van der Waals surface area contributed by atoms with Crippen molar-refractivity contribution in [3.63, 3.8) is 0 Å². The van der Waals surface area contributed by atoms with Crippen LogP contribution in [0.3, 0.4) is 0 Å². The molecule has 1 aliphatic rings. The van der Waals surface area contributed by atoms with Crippen LogP contribution in [0.1, 0.15) is 46.0 Å². The molecule has 1 heterocycles. The fourth-order valence-electron chi connectivity index (χ4n) is 2.48. The number of nitrogens with zero attached hydrogens (tertiary/aromatic N) is 3. The maximum Gasteiger partial charge on any atom is 0.323 e. The number of hydrogen-bond acceptors (Lipinski definition) is 6. The van der Waals surface area contributed by atoms with Gasteiger partial charge in [-0.3, -0.25) is 0 Å². The lowest BCUT2D eigenvalue weighted by atomic mass is 9.83. The van der Waals surface area contributed by atoms with Gasteiger partial charge in [0.15, 0.2) is 0 Å². The van der Waals surface area contributed by atoms with E-state index in [1.54, 1.807) is 0 Å². The predicted molar refractivity (Wildman–Crippen MR) is 79.6 cm³/mol. The summed E-state index contributed by atoms with van der Waals surface area (Å²) in [4.78, 5) is 12.3. The van der Waals surface area contributed by atoms with E-state index in [1.807, 2.05) is 6.92 Å². The molecule has 0 aromatic carbocycles. The third-order valence-corrected chi connectivity index (χ3v) is 3.75. The standard InChI is InChI=1S/C14H25N5O/c1-3-8-20-14-18-12(15)17-13(19-14)16-9-11-6-4-10(2)5-7-11/h10-11H,3-9H2,1-2H3,(H3,15,16,17,18,19). The molecule has 0 amide bonds. The fraction of sp³-hybridized carbons (Fsp3) is 0.786. The highest BCUT2D eigenvalue weighted by Crippen LogP contribution is 2.28. The first kappa shape index (κ1) is 14.8. The molecule has 0 spiro atoms. The smallest absolute Gasteiger partial charge is 0.323 e. The van der Waals surface area contributed by atoms with E-state index >= 15 is 0 Å². The van der Waals surface area contributed by atoms with Crippen LogP contribution in [0.4, 0.5) is 11.9 Å². The van der Waals surface area contributed by atoms with Crippen LogP contribution in [0.25, 0.3) is 0 Å². The van der Waals surface area contributed by atoms with Gasteiger partial charge in [0.25, 0.3) is 0 Å². The van der Waals surface area contributed by atoms with E-state index in [2.05, 4.69) is 27.2 Å². The van der Waals surface area contributed by atoms with Crippen LogP contribution in [0, 0.1) is 11.8 Å². The Hall–Kier alpha value is -1.59. The predicted octanol–water partition coefficient (Wildman–Crippen LogP) is 2.48. The van der Waals surface area contributed by atoms with E-state index in [-0.39, 0.29) is 5.95 Å². The highest BCUT2D eigenvalue weighted by molar-refractivity contribution is 5.32. The molecule has 112 valence electrons. The molecule has 1 aromatic rings. The maximum atomic E-state index is 5.68. The van der Waals surface area contributed by atoms with Gasteiger partial charge in [0.05, 0.1) is 6.61 Å². The van der Waals surface area contributed by atoms with Crippen molar-refractivity contribution in [2.24, 2.45) is 11.8 Å². The van der Waals surface area contributed by atoms with Gasteiger partial charge in [-0.15, -0.1) is 0 Å². The largest absolute Gasteiger partial charge is 0.463 e. The van der Waals surface area contributed by atoms with Crippen molar-refractivity contribution in [3.05, 3.63) is 0 Å². The molecule has 0 radical (unpaired) electrons. The Balaban J connectivity index is 1.87. The third kappa shape index (κ3) is 4.51. The van der Waals surface area contributed by atoms with Crippen molar-refractivity contribution in [1.29, 1.82) is 0 Å². The fourth-order valence-corrected chi connectivity index (χ4v) is 2.48. The Morgan fingerprint density at radius 2 is 1.95 bits per heavy atom. The molecule has 0 aliphatic heterocycles. The lowest BCUT2D eigenvalue weighted by Gasteiger charge is -2.26. The second kappa shape index (κ2) is 7.26. The van der Waals surface area contributed by atoms with Crippen LogP contribution in [0.15, 0.2) is 0 Å². The maximum absolute atomic E-state index is 5.68. The number of hydrogen-bond donors (Lipinski definition) is 2. The van der Waals surface area contributed by atoms with Crippen LogP contribution >= 0.6 is 0 Å².